The van der Waals surface area contributed by atoms with Crippen LogP contribution in [-0.2, 0) is 6.54 Å². The number of hydrogen-bond donors (Lipinski definition) is 1. The maximum Gasteiger partial charge on any atom is 0.243 e. The SMILES string of the molecule is CCn1cc(Oc2nc(C)ccc2N)cn1. The molecule has 0 aliphatic rings. The summed E-state index contributed by atoms with van der Waals surface area (Å²) < 4.78 is 7.33. The van der Waals surface area contributed by atoms with Gasteiger partial charge < -0.3 is 10.5 Å². The standard InChI is InChI=1S/C11H14N4O/c1-3-15-7-9(6-13-15)16-11-10(12)5-4-8(2)14-11/h4-7H,3,12H2,1-2H3. The molecule has 0 radical (unpaired) electrons. The Labute approximate surface area is 93.9 Å². The maximum atomic E-state index is 5.76. The Hall–Kier alpha value is -2.04. The Balaban J connectivity index is 2.22. The zero-order valence-corrected chi connectivity index (χ0v) is 9.34. The summed E-state index contributed by atoms with van der Waals surface area (Å²) in [6.07, 6.45) is 3.45. The fourth-order valence-corrected chi connectivity index (χ4v) is 1.31. The molecule has 5 heteroatoms. The number of nitrogens with two attached hydrogens (primary N) is 1. The topological polar surface area (TPSA) is 66.0 Å². The molecule has 16 heavy (non-hydrogen) atoms. The molecule has 2 N–H and O–H groups in total. The van der Waals surface area contributed by atoms with E-state index in [2.05, 4.69) is 10.1 Å². The van der Waals surface area contributed by atoms with Gasteiger partial charge in [0, 0.05) is 12.2 Å². The normalized spacial score (nSPS) is 10.4. The third kappa shape index (κ3) is 2.13. The summed E-state index contributed by atoms with van der Waals surface area (Å²) in [5.74, 6) is 1.07. The molecule has 0 unspecified atom stereocenters. The van der Waals surface area contributed by atoms with Crippen LogP contribution in [0.5, 0.6) is 11.6 Å². The first-order chi connectivity index (χ1) is 7.69. The molecule has 0 fully saturated rings. The quantitative estimate of drug-likeness (QED) is 0.855. The zero-order valence-electron chi connectivity index (χ0n) is 9.34. The van der Waals surface area contributed by atoms with Gasteiger partial charge in [-0.25, -0.2) is 4.98 Å². The number of rotatable bonds is 3. The Kier molecular flexibility index (Phi) is 2.76. The number of anilines is 1. The van der Waals surface area contributed by atoms with Crippen molar-refractivity contribution in [1.29, 1.82) is 0 Å². The van der Waals surface area contributed by atoms with Gasteiger partial charge in [0.2, 0.25) is 5.88 Å². The monoisotopic (exact) mass is 218 g/mol. The number of aryl methyl sites for hydroxylation is 2. The number of aromatic nitrogens is 3. The second-order valence-corrected chi connectivity index (χ2v) is 3.48. The molecule has 2 aromatic heterocycles. The van der Waals surface area contributed by atoms with Crippen LogP contribution in [0.4, 0.5) is 5.69 Å². The Bertz CT molecular complexity index is 492. The average molecular weight is 218 g/mol. The van der Waals surface area contributed by atoms with Crippen molar-refractivity contribution >= 4 is 5.69 Å². The van der Waals surface area contributed by atoms with Crippen LogP contribution in [0.3, 0.4) is 0 Å². The highest BCUT2D eigenvalue weighted by molar-refractivity contribution is 5.49. The van der Waals surface area contributed by atoms with E-state index in [1.807, 2.05) is 26.1 Å². The molecule has 0 bridgehead atoms. The minimum atomic E-state index is 0.427. The van der Waals surface area contributed by atoms with Crippen molar-refractivity contribution in [3.63, 3.8) is 0 Å². The number of nitrogen functional groups attached to an aromatic ring is 1. The molecule has 2 aromatic rings. The van der Waals surface area contributed by atoms with Crippen molar-refractivity contribution in [2.24, 2.45) is 0 Å². The highest BCUT2D eigenvalue weighted by atomic mass is 16.5. The second-order valence-electron chi connectivity index (χ2n) is 3.48. The first kappa shape index (κ1) is 10.5. The molecule has 0 spiro atoms. The predicted octanol–water partition coefficient (Wildman–Crippen LogP) is 1.98. The number of nitrogens with zero attached hydrogens (tertiary/aromatic N) is 3. The van der Waals surface area contributed by atoms with Crippen LogP contribution in [0.2, 0.25) is 0 Å². The first-order valence-electron chi connectivity index (χ1n) is 5.12. The Morgan fingerprint density at radius 3 is 2.94 bits per heavy atom. The lowest BCUT2D eigenvalue weighted by Crippen LogP contribution is -1.96. The van der Waals surface area contributed by atoms with Crippen molar-refractivity contribution in [2.45, 2.75) is 20.4 Å². The van der Waals surface area contributed by atoms with Crippen molar-refractivity contribution < 1.29 is 4.74 Å². The molecule has 0 saturated heterocycles. The van der Waals surface area contributed by atoms with E-state index in [4.69, 9.17) is 10.5 Å². The van der Waals surface area contributed by atoms with E-state index >= 15 is 0 Å². The van der Waals surface area contributed by atoms with Gasteiger partial charge in [0.1, 0.15) is 0 Å². The minimum absolute atomic E-state index is 0.427. The largest absolute Gasteiger partial charge is 0.434 e. The van der Waals surface area contributed by atoms with E-state index in [9.17, 15) is 0 Å². The van der Waals surface area contributed by atoms with Gasteiger partial charge in [0.25, 0.3) is 0 Å². The van der Waals surface area contributed by atoms with Gasteiger partial charge in [-0.15, -0.1) is 0 Å². The Morgan fingerprint density at radius 1 is 1.44 bits per heavy atom. The minimum Gasteiger partial charge on any atom is -0.434 e. The van der Waals surface area contributed by atoms with Gasteiger partial charge >= 0.3 is 0 Å². The van der Waals surface area contributed by atoms with Crippen LogP contribution in [0.15, 0.2) is 24.5 Å². The van der Waals surface area contributed by atoms with Crippen LogP contribution in [0.1, 0.15) is 12.6 Å². The lowest BCUT2D eigenvalue weighted by atomic mass is 10.3. The summed E-state index contributed by atoms with van der Waals surface area (Å²) in [4.78, 5) is 4.22. The fourth-order valence-electron chi connectivity index (χ4n) is 1.31. The van der Waals surface area contributed by atoms with E-state index in [1.165, 1.54) is 0 Å². The van der Waals surface area contributed by atoms with Gasteiger partial charge in [0.15, 0.2) is 5.75 Å². The summed E-state index contributed by atoms with van der Waals surface area (Å²) in [5, 5.41) is 4.11. The summed E-state index contributed by atoms with van der Waals surface area (Å²) in [6, 6.07) is 3.62. The van der Waals surface area contributed by atoms with Crippen LogP contribution in [-0.4, -0.2) is 14.8 Å². The molecule has 84 valence electrons. The lowest BCUT2D eigenvalue weighted by molar-refractivity contribution is 0.463. The molecule has 0 amide bonds. The summed E-state index contributed by atoms with van der Waals surface area (Å²) in [6.45, 7) is 4.71. The molecular weight excluding hydrogens is 204 g/mol. The smallest absolute Gasteiger partial charge is 0.243 e. The summed E-state index contributed by atoms with van der Waals surface area (Å²) in [5.41, 5.74) is 7.15. The van der Waals surface area contributed by atoms with E-state index in [0.717, 1.165) is 12.2 Å². The van der Waals surface area contributed by atoms with Gasteiger partial charge in [-0.3, -0.25) is 4.68 Å². The fraction of sp³-hybridized carbons (Fsp3) is 0.273. The molecule has 0 aliphatic heterocycles. The van der Waals surface area contributed by atoms with Crippen molar-refractivity contribution in [3.8, 4) is 11.6 Å². The lowest BCUT2D eigenvalue weighted by Gasteiger charge is -2.05. The third-order valence-electron chi connectivity index (χ3n) is 2.18. The van der Waals surface area contributed by atoms with Gasteiger partial charge in [0.05, 0.1) is 18.1 Å². The molecule has 5 nitrogen and oxygen atoms in total. The molecule has 0 saturated carbocycles. The van der Waals surface area contributed by atoms with E-state index < -0.39 is 0 Å². The molecule has 2 rings (SSSR count). The number of ether oxygens (including phenoxy) is 1. The van der Waals surface area contributed by atoms with E-state index in [-0.39, 0.29) is 0 Å². The van der Waals surface area contributed by atoms with Crippen LogP contribution < -0.4 is 10.5 Å². The number of hydrogen-bond acceptors (Lipinski definition) is 4. The Morgan fingerprint density at radius 2 is 2.25 bits per heavy atom. The van der Waals surface area contributed by atoms with Gasteiger partial charge in [-0.05, 0) is 26.0 Å². The molecule has 0 aliphatic carbocycles. The third-order valence-corrected chi connectivity index (χ3v) is 2.18. The second kappa shape index (κ2) is 4.22. The van der Waals surface area contributed by atoms with Crippen molar-refractivity contribution in [3.05, 3.63) is 30.2 Å². The average Bonchev–Trinajstić information content (AvgIpc) is 2.71. The summed E-state index contributed by atoms with van der Waals surface area (Å²) >= 11 is 0. The van der Waals surface area contributed by atoms with Crippen LogP contribution in [0, 0.1) is 6.92 Å². The zero-order chi connectivity index (χ0) is 11.5. The van der Waals surface area contributed by atoms with Crippen LogP contribution >= 0.6 is 0 Å². The van der Waals surface area contributed by atoms with Gasteiger partial charge in [-0.1, -0.05) is 0 Å². The van der Waals surface area contributed by atoms with Crippen LogP contribution in [0.25, 0.3) is 0 Å². The van der Waals surface area contributed by atoms with E-state index in [1.54, 1.807) is 16.9 Å². The molecule has 0 atom stereocenters. The maximum absolute atomic E-state index is 5.76. The molecular formula is C11H14N4O. The van der Waals surface area contributed by atoms with E-state index in [0.29, 0.717) is 17.3 Å². The predicted molar refractivity (Wildman–Crippen MR) is 61.4 cm³/mol. The highest BCUT2D eigenvalue weighted by Gasteiger charge is 2.05. The van der Waals surface area contributed by atoms with Gasteiger partial charge in [-0.2, -0.15) is 5.10 Å². The van der Waals surface area contributed by atoms with Crippen molar-refractivity contribution in [1.82, 2.24) is 14.8 Å². The molecule has 2 heterocycles. The summed E-state index contributed by atoms with van der Waals surface area (Å²) in [7, 11) is 0. The van der Waals surface area contributed by atoms with Crippen molar-refractivity contribution in [2.75, 3.05) is 5.73 Å². The molecule has 0 aromatic carbocycles. The first-order valence-corrected chi connectivity index (χ1v) is 5.12. The highest BCUT2D eigenvalue weighted by Crippen LogP contribution is 2.24. The number of pyridine rings is 1.